The molecule has 0 radical (unpaired) electrons. The Labute approximate surface area is 180 Å². The molecule has 1 heterocycles. The molecule has 11 heteroatoms. The predicted molar refractivity (Wildman–Crippen MR) is 109 cm³/mol. The summed E-state index contributed by atoms with van der Waals surface area (Å²) in [5.41, 5.74) is 0.422. The Hall–Kier alpha value is -1.60. The minimum absolute atomic E-state index is 0.0878. The lowest BCUT2D eigenvalue weighted by Gasteiger charge is -2.18. The molecule has 1 N–H and O–H groups in total. The van der Waals surface area contributed by atoms with Crippen LogP contribution in [-0.2, 0) is 19.1 Å². The third-order valence-corrected chi connectivity index (χ3v) is 5.51. The van der Waals surface area contributed by atoms with Crippen LogP contribution in [0.5, 0.6) is 5.75 Å². The Kier molecular flexibility index (Phi) is 7.28. The SMILES string of the molecule is COC(=O)[C@@H](C)N1C(=O)S/C(=C/c2cc(I)cc(Br)c2OCC(=O)O)C1=O. The molecule has 27 heavy (non-hydrogen) atoms. The Morgan fingerprint density at radius 3 is 2.67 bits per heavy atom. The molecule has 0 aromatic heterocycles. The number of hydrogen-bond donors (Lipinski definition) is 1. The van der Waals surface area contributed by atoms with Gasteiger partial charge in [-0.15, -0.1) is 0 Å². The number of hydrogen-bond acceptors (Lipinski definition) is 7. The van der Waals surface area contributed by atoms with Crippen molar-refractivity contribution in [2.75, 3.05) is 13.7 Å². The second kappa shape index (κ2) is 9.06. The number of carbonyl (C=O) groups is 4. The number of nitrogens with zero attached hydrogens (tertiary/aromatic N) is 1. The third-order valence-electron chi connectivity index (χ3n) is 3.42. The molecule has 1 saturated heterocycles. The zero-order chi connectivity index (χ0) is 20.3. The van der Waals surface area contributed by atoms with Gasteiger partial charge in [0.25, 0.3) is 11.1 Å². The number of benzene rings is 1. The minimum Gasteiger partial charge on any atom is -0.480 e. The summed E-state index contributed by atoms with van der Waals surface area (Å²) in [5.74, 6) is -2.27. The van der Waals surface area contributed by atoms with Crippen LogP contribution in [0.25, 0.3) is 6.08 Å². The smallest absolute Gasteiger partial charge is 0.341 e. The standard InChI is InChI=1S/C16H13BrINO7S/c1-7(15(23)25-2)19-14(22)11(27-16(19)24)4-8-3-9(18)5-10(17)13(8)26-6-12(20)21/h3-5,7H,6H2,1-2H3,(H,20,21)/b11-4+/t7-/m1/s1. The molecule has 0 saturated carbocycles. The summed E-state index contributed by atoms with van der Waals surface area (Å²) in [6.07, 6.45) is 1.43. The molecule has 1 aromatic carbocycles. The fraction of sp³-hybridized carbons (Fsp3) is 0.250. The topological polar surface area (TPSA) is 110 Å². The average molecular weight is 570 g/mol. The molecular formula is C16H13BrINO7S. The van der Waals surface area contributed by atoms with E-state index in [9.17, 15) is 19.2 Å². The highest BCUT2D eigenvalue weighted by Crippen LogP contribution is 2.38. The first-order valence-electron chi connectivity index (χ1n) is 7.34. The molecule has 144 valence electrons. The largest absolute Gasteiger partial charge is 0.480 e. The summed E-state index contributed by atoms with van der Waals surface area (Å²) < 4.78 is 11.2. The van der Waals surface area contributed by atoms with Gasteiger partial charge in [0, 0.05) is 9.13 Å². The highest BCUT2D eigenvalue weighted by molar-refractivity contribution is 14.1. The molecule has 1 aliphatic heterocycles. The summed E-state index contributed by atoms with van der Waals surface area (Å²) in [6, 6.07) is 2.35. The lowest BCUT2D eigenvalue weighted by atomic mass is 10.1. The Balaban J connectivity index is 2.41. The normalized spacial score (nSPS) is 16.6. The molecule has 0 unspecified atom stereocenters. The van der Waals surface area contributed by atoms with Gasteiger partial charge < -0.3 is 14.6 Å². The zero-order valence-corrected chi connectivity index (χ0v) is 18.6. The zero-order valence-electron chi connectivity index (χ0n) is 14.0. The van der Waals surface area contributed by atoms with Crippen LogP contribution in [0.15, 0.2) is 21.5 Å². The van der Waals surface area contributed by atoms with Crippen molar-refractivity contribution in [3.63, 3.8) is 0 Å². The van der Waals surface area contributed by atoms with Gasteiger partial charge in [-0.25, -0.2) is 9.59 Å². The van der Waals surface area contributed by atoms with Crippen LogP contribution >= 0.6 is 50.3 Å². The fourth-order valence-electron chi connectivity index (χ4n) is 2.20. The minimum atomic E-state index is -1.15. The number of carboxylic acid groups (broad SMARTS) is 1. The number of amides is 2. The maximum absolute atomic E-state index is 12.6. The number of halogens is 2. The van der Waals surface area contributed by atoms with Gasteiger partial charge in [0.2, 0.25) is 0 Å². The number of carbonyl (C=O) groups excluding carboxylic acids is 3. The number of methoxy groups -OCH3 is 1. The maximum Gasteiger partial charge on any atom is 0.341 e. The van der Waals surface area contributed by atoms with Gasteiger partial charge in [-0.3, -0.25) is 14.5 Å². The van der Waals surface area contributed by atoms with Crippen molar-refractivity contribution in [1.29, 1.82) is 0 Å². The van der Waals surface area contributed by atoms with E-state index in [0.717, 1.165) is 8.47 Å². The number of ether oxygens (including phenoxy) is 2. The van der Waals surface area contributed by atoms with E-state index in [1.54, 1.807) is 12.1 Å². The van der Waals surface area contributed by atoms with Crippen molar-refractivity contribution in [2.24, 2.45) is 0 Å². The number of rotatable bonds is 6. The van der Waals surface area contributed by atoms with Crippen LogP contribution in [-0.4, -0.2) is 52.8 Å². The number of esters is 1. The number of carboxylic acids is 1. The molecule has 2 rings (SSSR count). The molecule has 1 atom stereocenters. The van der Waals surface area contributed by atoms with E-state index in [2.05, 4.69) is 43.3 Å². The quantitative estimate of drug-likeness (QED) is 0.316. The number of thioether (sulfide) groups is 1. The summed E-state index contributed by atoms with van der Waals surface area (Å²) in [4.78, 5) is 48.1. The Bertz CT molecular complexity index is 857. The molecule has 2 amide bonds. The Morgan fingerprint density at radius 1 is 1.41 bits per heavy atom. The second-order valence-electron chi connectivity index (χ2n) is 5.24. The number of imide groups is 1. The van der Waals surface area contributed by atoms with E-state index in [0.29, 0.717) is 21.8 Å². The third kappa shape index (κ3) is 5.02. The molecule has 1 aromatic rings. The highest BCUT2D eigenvalue weighted by Gasteiger charge is 2.41. The first kappa shape index (κ1) is 21.7. The van der Waals surface area contributed by atoms with Gasteiger partial charge >= 0.3 is 11.9 Å². The monoisotopic (exact) mass is 569 g/mol. The van der Waals surface area contributed by atoms with Gasteiger partial charge in [0.05, 0.1) is 16.5 Å². The van der Waals surface area contributed by atoms with E-state index < -0.39 is 35.7 Å². The van der Waals surface area contributed by atoms with Gasteiger partial charge in [-0.05, 0) is 75.4 Å². The van der Waals surface area contributed by atoms with E-state index in [4.69, 9.17) is 9.84 Å². The van der Waals surface area contributed by atoms with Gasteiger partial charge in [0.15, 0.2) is 6.61 Å². The molecular weight excluding hydrogens is 557 g/mol. The van der Waals surface area contributed by atoms with Gasteiger partial charge in [-0.1, -0.05) is 0 Å². The number of aliphatic carboxylic acids is 1. The van der Waals surface area contributed by atoms with Crippen molar-refractivity contribution < 1.29 is 33.8 Å². The first-order valence-corrected chi connectivity index (χ1v) is 10.0. The molecule has 1 fully saturated rings. The van der Waals surface area contributed by atoms with Crippen LogP contribution in [0.3, 0.4) is 0 Å². The van der Waals surface area contributed by atoms with E-state index >= 15 is 0 Å². The summed E-state index contributed by atoms with van der Waals surface area (Å²) >= 11 is 6.04. The molecule has 0 bridgehead atoms. The second-order valence-corrected chi connectivity index (χ2v) is 8.33. The van der Waals surface area contributed by atoms with Crippen molar-refractivity contribution in [2.45, 2.75) is 13.0 Å². The highest BCUT2D eigenvalue weighted by atomic mass is 127. The van der Waals surface area contributed by atoms with Crippen LogP contribution in [0, 0.1) is 3.57 Å². The molecule has 0 aliphatic carbocycles. The van der Waals surface area contributed by atoms with Crippen LogP contribution < -0.4 is 4.74 Å². The van der Waals surface area contributed by atoms with Crippen molar-refractivity contribution in [1.82, 2.24) is 4.90 Å². The summed E-state index contributed by atoms with van der Waals surface area (Å²) in [7, 11) is 1.17. The molecule has 0 spiro atoms. The fourth-order valence-corrected chi connectivity index (χ4v) is 4.77. The lowest BCUT2D eigenvalue weighted by molar-refractivity contribution is -0.148. The van der Waals surface area contributed by atoms with Crippen molar-refractivity contribution in [3.05, 3.63) is 30.6 Å². The predicted octanol–water partition coefficient (Wildman–Crippen LogP) is 3.11. The molecule has 1 aliphatic rings. The van der Waals surface area contributed by atoms with Crippen LogP contribution in [0.2, 0.25) is 0 Å². The van der Waals surface area contributed by atoms with E-state index in [1.165, 1.54) is 20.1 Å². The maximum atomic E-state index is 12.6. The van der Waals surface area contributed by atoms with Crippen molar-refractivity contribution in [3.8, 4) is 5.75 Å². The van der Waals surface area contributed by atoms with E-state index in [1.807, 2.05) is 0 Å². The van der Waals surface area contributed by atoms with Crippen LogP contribution in [0.4, 0.5) is 4.79 Å². The van der Waals surface area contributed by atoms with Crippen molar-refractivity contribution >= 4 is 79.4 Å². The summed E-state index contributed by atoms with van der Waals surface area (Å²) in [6.45, 7) is 0.829. The summed E-state index contributed by atoms with van der Waals surface area (Å²) in [5, 5.41) is 8.24. The van der Waals surface area contributed by atoms with Gasteiger partial charge in [0.1, 0.15) is 11.8 Å². The molecule has 8 nitrogen and oxygen atoms in total. The van der Waals surface area contributed by atoms with E-state index in [-0.39, 0.29) is 10.7 Å². The average Bonchev–Trinajstić information content (AvgIpc) is 2.86. The first-order chi connectivity index (χ1) is 12.6. The van der Waals surface area contributed by atoms with Gasteiger partial charge in [-0.2, -0.15) is 0 Å². The van der Waals surface area contributed by atoms with Crippen LogP contribution in [0.1, 0.15) is 12.5 Å². The lowest BCUT2D eigenvalue weighted by Crippen LogP contribution is -2.42. The Morgan fingerprint density at radius 2 is 2.07 bits per heavy atom.